The summed E-state index contributed by atoms with van der Waals surface area (Å²) >= 11 is 0. The fourth-order valence-electron chi connectivity index (χ4n) is 2.72. The van der Waals surface area contributed by atoms with Crippen molar-refractivity contribution in [2.75, 3.05) is 4.90 Å². The normalized spacial score (nSPS) is 14.9. The van der Waals surface area contributed by atoms with Crippen molar-refractivity contribution in [3.63, 3.8) is 0 Å². The van der Waals surface area contributed by atoms with Crippen molar-refractivity contribution in [2.45, 2.75) is 26.1 Å². The molecule has 0 aromatic heterocycles. The highest BCUT2D eigenvalue weighted by Gasteiger charge is 2.25. The van der Waals surface area contributed by atoms with Gasteiger partial charge in [-0.15, -0.1) is 0 Å². The Hall–Kier alpha value is -2.40. The maximum absolute atomic E-state index is 11.3. The van der Waals surface area contributed by atoms with Gasteiger partial charge in [0.1, 0.15) is 5.69 Å². The molecule has 0 saturated carbocycles. The number of fused-ring (bicyclic) bond motifs is 1. The molecule has 0 aliphatic carbocycles. The summed E-state index contributed by atoms with van der Waals surface area (Å²) in [5.74, 6) is 0. The van der Waals surface area contributed by atoms with Crippen molar-refractivity contribution < 1.29 is 10.0 Å². The molecule has 2 aromatic carbocycles. The molecular weight excluding hydrogens is 268 g/mol. The SMILES string of the molecule is CC(O)c1ccc(N2Cc3ccccc3C2)c([N+](=O)[O-])c1. The lowest BCUT2D eigenvalue weighted by Gasteiger charge is -2.18. The van der Waals surface area contributed by atoms with Gasteiger partial charge in [-0.25, -0.2) is 0 Å². The average Bonchev–Trinajstić information content (AvgIpc) is 2.90. The van der Waals surface area contributed by atoms with E-state index in [1.807, 2.05) is 29.2 Å². The van der Waals surface area contributed by atoms with Gasteiger partial charge in [-0.3, -0.25) is 10.1 Å². The molecule has 1 aliphatic heterocycles. The third kappa shape index (κ3) is 2.48. The summed E-state index contributed by atoms with van der Waals surface area (Å²) in [6.45, 7) is 2.94. The predicted octanol–water partition coefficient (Wildman–Crippen LogP) is 3.17. The molecule has 1 N–H and O–H groups in total. The minimum absolute atomic E-state index is 0.0428. The zero-order chi connectivity index (χ0) is 15.0. The van der Waals surface area contributed by atoms with Crippen molar-refractivity contribution in [3.8, 4) is 0 Å². The second-order valence-electron chi connectivity index (χ2n) is 5.31. The molecule has 2 aromatic rings. The van der Waals surface area contributed by atoms with Gasteiger partial charge in [-0.1, -0.05) is 30.3 Å². The average molecular weight is 284 g/mol. The molecule has 0 radical (unpaired) electrons. The van der Waals surface area contributed by atoms with Gasteiger partial charge in [0.25, 0.3) is 5.69 Å². The van der Waals surface area contributed by atoms with Gasteiger partial charge >= 0.3 is 0 Å². The summed E-state index contributed by atoms with van der Waals surface area (Å²) < 4.78 is 0. The van der Waals surface area contributed by atoms with Crippen LogP contribution in [0.3, 0.4) is 0 Å². The van der Waals surface area contributed by atoms with Crippen molar-refractivity contribution >= 4 is 11.4 Å². The first-order valence-corrected chi connectivity index (χ1v) is 6.84. The Kier molecular flexibility index (Phi) is 3.35. The van der Waals surface area contributed by atoms with Crippen LogP contribution in [-0.2, 0) is 13.1 Å². The Bertz CT molecular complexity index is 673. The van der Waals surface area contributed by atoms with E-state index in [4.69, 9.17) is 0 Å². The van der Waals surface area contributed by atoms with Crippen LogP contribution in [-0.4, -0.2) is 10.0 Å². The lowest BCUT2D eigenvalue weighted by atomic mass is 10.1. The number of nitro benzene ring substituents is 1. The van der Waals surface area contributed by atoms with E-state index in [0.717, 1.165) is 0 Å². The minimum Gasteiger partial charge on any atom is -0.389 e. The van der Waals surface area contributed by atoms with Crippen LogP contribution in [0.1, 0.15) is 29.7 Å². The number of hydrogen-bond acceptors (Lipinski definition) is 4. The molecule has 5 nitrogen and oxygen atoms in total. The van der Waals surface area contributed by atoms with E-state index in [2.05, 4.69) is 0 Å². The highest BCUT2D eigenvalue weighted by atomic mass is 16.6. The van der Waals surface area contributed by atoms with Gasteiger partial charge in [0.2, 0.25) is 0 Å². The number of nitro groups is 1. The van der Waals surface area contributed by atoms with Crippen molar-refractivity contribution in [1.82, 2.24) is 0 Å². The molecule has 0 amide bonds. The number of rotatable bonds is 3. The zero-order valence-electron chi connectivity index (χ0n) is 11.7. The lowest BCUT2D eigenvalue weighted by molar-refractivity contribution is -0.384. The molecule has 1 atom stereocenters. The molecule has 21 heavy (non-hydrogen) atoms. The number of anilines is 1. The molecule has 1 heterocycles. The fourth-order valence-corrected chi connectivity index (χ4v) is 2.72. The summed E-state index contributed by atoms with van der Waals surface area (Å²) in [7, 11) is 0. The van der Waals surface area contributed by atoms with Crippen LogP contribution in [0.15, 0.2) is 42.5 Å². The Labute approximate surface area is 122 Å². The van der Waals surface area contributed by atoms with Gasteiger partial charge in [0, 0.05) is 19.2 Å². The Morgan fingerprint density at radius 1 is 1.19 bits per heavy atom. The van der Waals surface area contributed by atoms with E-state index in [1.54, 1.807) is 19.1 Å². The summed E-state index contributed by atoms with van der Waals surface area (Å²) in [6.07, 6.45) is -0.714. The molecule has 1 unspecified atom stereocenters. The second-order valence-corrected chi connectivity index (χ2v) is 5.31. The van der Waals surface area contributed by atoms with Crippen LogP contribution in [0.2, 0.25) is 0 Å². The lowest BCUT2D eigenvalue weighted by Crippen LogP contribution is -2.16. The number of aliphatic hydroxyl groups is 1. The minimum atomic E-state index is -0.714. The van der Waals surface area contributed by atoms with Gasteiger partial charge in [0.05, 0.1) is 11.0 Å². The Morgan fingerprint density at radius 2 is 1.81 bits per heavy atom. The van der Waals surface area contributed by atoms with Gasteiger partial charge in [-0.05, 0) is 29.7 Å². The van der Waals surface area contributed by atoms with Crippen LogP contribution < -0.4 is 4.90 Å². The largest absolute Gasteiger partial charge is 0.389 e. The fraction of sp³-hybridized carbons (Fsp3) is 0.250. The predicted molar refractivity (Wildman–Crippen MR) is 80.1 cm³/mol. The monoisotopic (exact) mass is 284 g/mol. The molecule has 0 spiro atoms. The summed E-state index contributed by atoms with van der Waals surface area (Å²) in [6, 6.07) is 13.0. The summed E-state index contributed by atoms with van der Waals surface area (Å²) in [5, 5.41) is 20.9. The number of hydrogen-bond donors (Lipinski definition) is 1. The smallest absolute Gasteiger partial charge is 0.292 e. The first-order valence-electron chi connectivity index (χ1n) is 6.84. The summed E-state index contributed by atoms with van der Waals surface area (Å²) in [5.41, 5.74) is 3.60. The maximum Gasteiger partial charge on any atom is 0.292 e. The number of aliphatic hydroxyl groups excluding tert-OH is 1. The first kappa shape index (κ1) is 13.6. The molecule has 5 heteroatoms. The van der Waals surface area contributed by atoms with Gasteiger partial charge in [0.15, 0.2) is 0 Å². The quantitative estimate of drug-likeness (QED) is 0.694. The van der Waals surface area contributed by atoms with E-state index in [9.17, 15) is 15.2 Å². The molecule has 108 valence electrons. The third-order valence-corrected chi connectivity index (χ3v) is 3.86. The molecule has 0 bridgehead atoms. The second kappa shape index (κ2) is 5.18. The van der Waals surface area contributed by atoms with Gasteiger partial charge in [-0.2, -0.15) is 0 Å². The van der Waals surface area contributed by atoms with Crippen LogP contribution in [0.5, 0.6) is 0 Å². The van der Waals surface area contributed by atoms with Crippen LogP contribution >= 0.6 is 0 Å². The summed E-state index contributed by atoms with van der Waals surface area (Å²) in [4.78, 5) is 12.9. The van der Waals surface area contributed by atoms with Crippen molar-refractivity contribution in [2.24, 2.45) is 0 Å². The van der Waals surface area contributed by atoms with E-state index in [-0.39, 0.29) is 10.6 Å². The zero-order valence-corrected chi connectivity index (χ0v) is 11.7. The molecule has 0 saturated heterocycles. The van der Waals surface area contributed by atoms with Crippen LogP contribution in [0, 0.1) is 10.1 Å². The Balaban J connectivity index is 1.98. The molecule has 1 aliphatic rings. The highest BCUT2D eigenvalue weighted by Crippen LogP contribution is 2.36. The molecule has 0 fully saturated rings. The Morgan fingerprint density at radius 3 is 2.33 bits per heavy atom. The van der Waals surface area contributed by atoms with E-state index >= 15 is 0 Å². The first-order chi connectivity index (χ1) is 10.1. The standard InChI is InChI=1S/C16H16N2O3/c1-11(19)12-6-7-15(16(8-12)18(20)21)17-9-13-4-2-3-5-14(13)10-17/h2-8,11,19H,9-10H2,1H3. The van der Waals surface area contributed by atoms with E-state index in [1.165, 1.54) is 17.2 Å². The number of benzene rings is 2. The van der Waals surface area contributed by atoms with Crippen LogP contribution in [0.25, 0.3) is 0 Å². The van der Waals surface area contributed by atoms with Crippen LogP contribution in [0.4, 0.5) is 11.4 Å². The highest BCUT2D eigenvalue weighted by molar-refractivity contribution is 5.66. The maximum atomic E-state index is 11.3. The van der Waals surface area contributed by atoms with Gasteiger partial charge < -0.3 is 10.0 Å². The van der Waals surface area contributed by atoms with Crippen molar-refractivity contribution in [3.05, 3.63) is 69.3 Å². The van der Waals surface area contributed by atoms with E-state index < -0.39 is 6.10 Å². The topological polar surface area (TPSA) is 66.6 Å². The number of nitrogens with zero attached hydrogens (tertiary/aromatic N) is 2. The third-order valence-electron chi connectivity index (χ3n) is 3.86. The molecular formula is C16H16N2O3. The van der Waals surface area contributed by atoms with E-state index in [0.29, 0.717) is 24.3 Å². The molecule has 3 rings (SSSR count). The van der Waals surface area contributed by atoms with Crippen molar-refractivity contribution in [1.29, 1.82) is 0 Å².